The van der Waals surface area contributed by atoms with Crippen LogP contribution in [0.5, 0.6) is 0 Å². The van der Waals surface area contributed by atoms with Crippen LogP contribution in [0.25, 0.3) is 12.2 Å². The molecular weight excluding hydrogens is 365 g/mol. The average molecular weight is 386 g/mol. The molecule has 4 heteroatoms. The van der Waals surface area contributed by atoms with Crippen molar-refractivity contribution in [1.82, 2.24) is 4.90 Å². The van der Waals surface area contributed by atoms with Crippen molar-refractivity contribution in [3.05, 3.63) is 80.8 Å². The Kier molecular flexibility index (Phi) is 5.98. The van der Waals surface area contributed by atoms with Crippen LogP contribution in [0.2, 0.25) is 10.0 Å². The summed E-state index contributed by atoms with van der Waals surface area (Å²) in [6.45, 7) is 5.50. The maximum Gasteiger partial charge on any atom is 0.187 e. The number of hydrogen-bond donors (Lipinski definition) is 0. The molecule has 2 aromatic rings. The molecule has 0 amide bonds. The molecule has 0 aromatic heterocycles. The molecule has 1 aliphatic rings. The zero-order chi connectivity index (χ0) is 18.7. The lowest BCUT2D eigenvalue weighted by Gasteiger charge is -2.33. The van der Waals surface area contributed by atoms with Gasteiger partial charge in [-0.05, 0) is 49.3 Å². The predicted molar refractivity (Wildman–Crippen MR) is 111 cm³/mol. The summed E-state index contributed by atoms with van der Waals surface area (Å²) >= 11 is 12.6. The van der Waals surface area contributed by atoms with Crippen LogP contribution in [-0.4, -0.2) is 29.8 Å². The third kappa shape index (κ3) is 4.27. The van der Waals surface area contributed by atoms with E-state index in [4.69, 9.17) is 23.2 Å². The largest absolute Gasteiger partial charge is 0.292 e. The number of carbonyl (C=O) groups is 1. The van der Waals surface area contributed by atoms with Gasteiger partial charge in [0.2, 0.25) is 0 Å². The van der Waals surface area contributed by atoms with Crippen molar-refractivity contribution in [1.29, 1.82) is 0 Å². The van der Waals surface area contributed by atoms with E-state index < -0.39 is 0 Å². The van der Waals surface area contributed by atoms with Crippen LogP contribution in [0, 0.1) is 0 Å². The molecule has 2 aromatic carbocycles. The van der Waals surface area contributed by atoms with Crippen molar-refractivity contribution in [2.75, 3.05) is 13.1 Å². The van der Waals surface area contributed by atoms with Crippen molar-refractivity contribution >= 4 is 41.1 Å². The highest BCUT2D eigenvalue weighted by Crippen LogP contribution is 2.27. The van der Waals surface area contributed by atoms with Gasteiger partial charge < -0.3 is 0 Å². The number of halogens is 2. The highest BCUT2D eigenvalue weighted by molar-refractivity contribution is 6.33. The van der Waals surface area contributed by atoms with Gasteiger partial charge in [0.05, 0.1) is 0 Å². The monoisotopic (exact) mass is 385 g/mol. The zero-order valence-electron chi connectivity index (χ0n) is 14.9. The Labute approximate surface area is 164 Å². The first kappa shape index (κ1) is 18.9. The number of benzene rings is 2. The van der Waals surface area contributed by atoms with Gasteiger partial charge in [-0.3, -0.25) is 9.69 Å². The van der Waals surface area contributed by atoms with E-state index in [0.717, 1.165) is 22.3 Å². The van der Waals surface area contributed by atoms with Crippen LogP contribution in [0.3, 0.4) is 0 Å². The number of carbonyl (C=O) groups excluding carboxylic acids is 1. The average Bonchev–Trinajstić information content (AvgIpc) is 2.61. The molecule has 0 N–H and O–H groups in total. The van der Waals surface area contributed by atoms with Crippen LogP contribution in [-0.2, 0) is 4.79 Å². The van der Waals surface area contributed by atoms with E-state index >= 15 is 0 Å². The Bertz CT molecular complexity index is 816. The number of Topliss-reactive ketones (excluding diaryl/α,β-unsaturated/α-hetero) is 1. The van der Waals surface area contributed by atoms with E-state index in [1.54, 1.807) is 0 Å². The molecule has 0 unspecified atom stereocenters. The Balaban J connectivity index is 2.02. The van der Waals surface area contributed by atoms with Gasteiger partial charge in [-0.25, -0.2) is 0 Å². The number of ketones is 1. The number of piperidine rings is 1. The molecule has 134 valence electrons. The molecule has 1 saturated heterocycles. The summed E-state index contributed by atoms with van der Waals surface area (Å²) in [6, 6.07) is 15.5. The second-order valence-electron chi connectivity index (χ2n) is 6.71. The van der Waals surface area contributed by atoms with Gasteiger partial charge in [0.25, 0.3) is 0 Å². The molecule has 1 aliphatic heterocycles. The number of likely N-dealkylation sites (tertiary alicyclic amines) is 1. The normalized spacial score (nSPS) is 18.9. The van der Waals surface area contributed by atoms with Gasteiger partial charge in [0.1, 0.15) is 0 Å². The molecule has 1 fully saturated rings. The second-order valence-corrected chi connectivity index (χ2v) is 7.52. The number of nitrogens with zero attached hydrogens (tertiary/aromatic N) is 1. The van der Waals surface area contributed by atoms with E-state index in [1.807, 2.05) is 60.7 Å². The quantitative estimate of drug-likeness (QED) is 0.626. The second kappa shape index (κ2) is 8.22. The molecule has 0 aliphatic carbocycles. The van der Waals surface area contributed by atoms with E-state index in [2.05, 4.69) is 18.7 Å². The Morgan fingerprint density at radius 1 is 0.846 bits per heavy atom. The Morgan fingerprint density at radius 2 is 1.27 bits per heavy atom. The fourth-order valence-corrected chi connectivity index (χ4v) is 3.37. The SMILES string of the molecule is CC(C)N1CC(=Cc2ccccc2Cl)C(=O)C(=Cc2ccccc2Cl)C1. The summed E-state index contributed by atoms with van der Waals surface area (Å²) in [7, 11) is 0. The van der Waals surface area contributed by atoms with Crippen LogP contribution in [0.4, 0.5) is 0 Å². The molecule has 2 nitrogen and oxygen atoms in total. The van der Waals surface area contributed by atoms with Gasteiger partial charge in [0, 0.05) is 40.3 Å². The summed E-state index contributed by atoms with van der Waals surface area (Å²) in [5.41, 5.74) is 3.22. The molecular formula is C22H21Cl2NO. The smallest absolute Gasteiger partial charge is 0.187 e. The lowest BCUT2D eigenvalue weighted by atomic mass is 9.93. The minimum atomic E-state index is 0.0572. The molecule has 0 radical (unpaired) electrons. The van der Waals surface area contributed by atoms with E-state index in [0.29, 0.717) is 29.2 Å². The first-order valence-electron chi connectivity index (χ1n) is 8.64. The maximum atomic E-state index is 13.1. The fourth-order valence-electron chi connectivity index (χ4n) is 2.99. The van der Waals surface area contributed by atoms with Crippen LogP contribution in [0.15, 0.2) is 59.7 Å². The van der Waals surface area contributed by atoms with E-state index in [-0.39, 0.29) is 5.78 Å². The lowest BCUT2D eigenvalue weighted by Crippen LogP contribution is -2.41. The standard InChI is InChI=1S/C22H21Cl2NO/c1-15(2)25-13-18(11-16-7-3-5-9-20(16)23)22(26)19(14-25)12-17-8-4-6-10-21(17)24/h3-12,15H,13-14H2,1-2H3. The minimum absolute atomic E-state index is 0.0572. The summed E-state index contributed by atoms with van der Waals surface area (Å²) < 4.78 is 0. The molecule has 1 heterocycles. The number of hydrogen-bond acceptors (Lipinski definition) is 2. The van der Waals surface area contributed by atoms with E-state index in [9.17, 15) is 4.79 Å². The predicted octanol–water partition coefficient (Wildman–Crippen LogP) is 5.75. The summed E-state index contributed by atoms with van der Waals surface area (Å²) in [6.07, 6.45) is 3.80. The molecule has 26 heavy (non-hydrogen) atoms. The summed E-state index contributed by atoms with van der Waals surface area (Å²) in [4.78, 5) is 15.3. The van der Waals surface area contributed by atoms with Gasteiger partial charge in [-0.15, -0.1) is 0 Å². The van der Waals surface area contributed by atoms with Gasteiger partial charge in [0.15, 0.2) is 5.78 Å². The van der Waals surface area contributed by atoms with Crippen molar-refractivity contribution < 1.29 is 4.79 Å². The van der Waals surface area contributed by atoms with Crippen molar-refractivity contribution in [2.45, 2.75) is 19.9 Å². The van der Waals surface area contributed by atoms with E-state index in [1.165, 1.54) is 0 Å². The van der Waals surface area contributed by atoms with Crippen molar-refractivity contribution in [3.63, 3.8) is 0 Å². The minimum Gasteiger partial charge on any atom is -0.292 e. The highest BCUT2D eigenvalue weighted by Gasteiger charge is 2.27. The van der Waals surface area contributed by atoms with Crippen LogP contribution in [0.1, 0.15) is 25.0 Å². The van der Waals surface area contributed by atoms with Gasteiger partial charge >= 0.3 is 0 Å². The first-order valence-corrected chi connectivity index (χ1v) is 9.40. The van der Waals surface area contributed by atoms with Crippen molar-refractivity contribution in [3.8, 4) is 0 Å². The Hall–Kier alpha value is -1.87. The molecule has 0 spiro atoms. The first-order chi connectivity index (χ1) is 12.5. The molecule has 0 bridgehead atoms. The molecule has 0 saturated carbocycles. The third-order valence-corrected chi connectivity index (χ3v) is 5.22. The lowest BCUT2D eigenvalue weighted by molar-refractivity contribution is -0.113. The van der Waals surface area contributed by atoms with Crippen LogP contribution >= 0.6 is 23.2 Å². The van der Waals surface area contributed by atoms with Crippen molar-refractivity contribution in [2.24, 2.45) is 0 Å². The fraction of sp³-hybridized carbons (Fsp3) is 0.227. The van der Waals surface area contributed by atoms with Gasteiger partial charge in [-0.1, -0.05) is 59.6 Å². The topological polar surface area (TPSA) is 20.3 Å². The van der Waals surface area contributed by atoms with Crippen LogP contribution < -0.4 is 0 Å². The summed E-state index contributed by atoms with van der Waals surface area (Å²) in [5.74, 6) is 0.0572. The molecule has 0 atom stereocenters. The number of rotatable bonds is 3. The maximum absolute atomic E-state index is 13.1. The highest BCUT2D eigenvalue weighted by atomic mass is 35.5. The zero-order valence-corrected chi connectivity index (χ0v) is 16.4. The Morgan fingerprint density at radius 3 is 1.65 bits per heavy atom. The van der Waals surface area contributed by atoms with Gasteiger partial charge in [-0.2, -0.15) is 0 Å². The molecule has 3 rings (SSSR count). The third-order valence-electron chi connectivity index (χ3n) is 4.53. The summed E-state index contributed by atoms with van der Waals surface area (Å²) in [5, 5.41) is 1.29.